The standard InChI is InChI=1S/C18H23N3O/c1-14-12-18(19)20-13-17(14)15-4-6-16(7-5-15)22-11-10-21-8-2-3-9-21/h4-7,12-13H,2-3,8-11H2,1H3,(H2,19,20). The van der Waals surface area contributed by atoms with Gasteiger partial charge in [-0.25, -0.2) is 4.98 Å². The maximum atomic E-state index is 5.83. The van der Waals surface area contributed by atoms with Crippen LogP contribution in [-0.4, -0.2) is 36.1 Å². The summed E-state index contributed by atoms with van der Waals surface area (Å²) < 4.78 is 5.83. The van der Waals surface area contributed by atoms with E-state index in [4.69, 9.17) is 10.5 Å². The summed E-state index contributed by atoms with van der Waals surface area (Å²) in [5.74, 6) is 1.48. The number of likely N-dealkylation sites (tertiary alicyclic amines) is 1. The van der Waals surface area contributed by atoms with Gasteiger partial charge in [0.1, 0.15) is 18.2 Å². The first-order valence-electron chi connectivity index (χ1n) is 7.90. The van der Waals surface area contributed by atoms with E-state index in [0.717, 1.165) is 35.6 Å². The van der Waals surface area contributed by atoms with Gasteiger partial charge in [0.2, 0.25) is 0 Å². The van der Waals surface area contributed by atoms with Gasteiger partial charge in [-0.2, -0.15) is 0 Å². The van der Waals surface area contributed by atoms with Gasteiger partial charge in [-0.3, -0.25) is 4.90 Å². The average Bonchev–Trinajstić information content (AvgIpc) is 3.02. The Morgan fingerprint density at radius 1 is 1.18 bits per heavy atom. The number of benzene rings is 1. The van der Waals surface area contributed by atoms with Crippen molar-refractivity contribution in [1.29, 1.82) is 0 Å². The van der Waals surface area contributed by atoms with Gasteiger partial charge < -0.3 is 10.5 Å². The zero-order chi connectivity index (χ0) is 15.4. The lowest BCUT2D eigenvalue weighted by molar-refractivity contribution is 0.238. The number of hydrogen-bond donors (Lipinski definition) is 1. The number of nitrogens with zero attached hydrogens (tertiary/aromatic N) is 2. The van der Waals surface area contributed by atoms with E-state index in [9.17, 15) is 0 Å². The molecule has 0 radical (unpaired) electrons. The van der Waals surface area contributed by atoms with Gasteiger partial charge in [0.25, 0.3) is 0 Å². The Bertz CT molecular complexity index is 619. The van der Waals surface area contributed by atoms with Gasteiger partial charge in [-0.05, 0) is 62.2 Å². The molecule has 2 aromatic rings. The topological polar surface area (TPSA) is 51.4 Å². The Labute approximate surface area is 131 Å². The summed E-state index contributed by atoms with van der Waals surface area (Å²) in [5.41, 5.74) is 9.08. The van der Waals surface area contributed by atoms with Gasteiger partial charge in [-0.1, -0.05) is 12.1 Å². The largest absolute Gasteiger partial charge is 0.492 e. The molecule has 22 heavy (non-hydrogen) atoms. The van der Waals surface area contributed by atoms with Crippen LogP contribution in [0.25, 0.3) is 11.1 Å². The monoisotopic (exact) mass is 297 g/mol. The van der Waals surface area contributed by atoms with Crippen molar-refractivity contribution in [3.63, 3.8) is 0 Å². The minimum absolute atomic E-state index is 0.558. The Kier molecular flexibility index (Phi) is 4.59. The summed E-state index contributed by atoms with van der Waals surface area (Å²) in [7, 11) is 0. The van der Waals surface area contributed by atoms with Crippen LogP contribution < -0.4 is 10.5 Å². The predicted octanol–water partition coefficient (Wildman–Crippen LogP) is 3.11. The molecule has 0 saturated carbocycles. The molecular formula is C18H23N3O. The SMILES string of the molecule is Cc1cc(N)ncc1-c1ccc(OCCN2CCCC2)cc1. The second-order valence-electron chi connectivity index (χ2n) is 5.85. The number of rotatable bonds is 5. The first-order valence-corrected chi connectivity index (χ1v) is 7.90. The normalized spacial score (nSPS) is 15.1. The summed E-state index contributed by atoms with van der Waals surface area (Å²) in [6.07, 6.45) is 4.47. The van der Waals surface area contributed by atoms with Crippen LogP contribution in [-0.2, 0) is 0 Å². The Morgan fingerprint density at radius 2 is 1.91 bits per heavy atom. The minimum atomic E-state index is 0.558. The first kappa shape index (κ1) is 14.9. The molecule has 2 N–H and O–H groups in total. The Morgan fingerprint density at radius 3 is 2.59 bits per heavy atom. The molecule has 1 aliphatic heterocycles. The number of aryl methyl sites for hydroxylation is 1. The van der Waals surface area contributed by atoms with Crippen molar-refractivity contribution in [3.05, 3.63) is 42.1 Å². The Hall–Kier alpha value is -2.07. The number of anilines is 1. The lowest BCUT2D eigenvalue weighted by Crippen LogP contribution is -2.25. The minimum Gasteiger partial charge on any atom is -0.492 e. The number of nitrogens with two attached hydrogens (primary N) is 1. The molecule has 1 aliphatic rings. The highest BCUT2D eigenvalue weighted by Crippen LogP contribution is 2.25. The molecular weight excluding hydrogens is 274 g/mol. The van der Waals surface area contributed by atoms with E-state index in [2.05, 4.69) is 22.0 Å². The van der Waals surface area contributed by atoms with Gasteiger partial charge in [0.15, 0.2) is 0 Å². The molecule has 0 aliphatic carbocycles. The van der Waals surface area contributed by atoms with E-state index in [-0.39, 0.29) is 0 Å². The van der Waals surface area contributed by atoms with Crippen LogP contribution in [0, 0.1) is 6.92 Å². The number of hydrogen-bond acceptors (Lipinski definition) is 4. The number of aromatic nitrogens is 1. The van der Waals surface area contributed by atoms with Crippen molar-refractivity contribution in [3.8, 4) is 16.9 Å². The van der Waals surface area contributed by atoms with E-state index < -0.39 is 0 Å². The van der Waals surface area contributed by atoms with E-state index >= 15 is 0 Å². The highest BCUT2D eigenvalue weighted by Gasteiger charge is 2.10. The summed E-state index contributed by atoms with van der Waals surface area (Å²) in [4.78, 5) is 6.63. The van der Waals surface area contributed by atoms with E-state index in [1.54, 1.807) is 0 Å². The molecule has 1 fully saturated rings. The third-order valence-electron chi connectivity index (χ3n) is 4.17. The van der Waals surface area contributed by atoms with Gasteiger partial charge in [0, 0.05) is 18.3 Å². The maximum absolute atomic E-state index is 5.83. The van der Waals surface area contributed by atoms with Gasteiger partial charge in [0.05, 0.1) is 0 Å². The molecule has 0 unspecified atom stereocenters. The van der Waals surface area contributed by atoms with Crippen molar-refractivity contribution in [1.82, 2.24) is 9.88 Å². The third kappa shape index (κ3) is 3.57. The highest BCUT2D eigenvalue weighted by molar-refractivity contribution is 5.68. The van der Waals surface area contributed by atoms with E-state index in [1.807, 2.05) is 31.3 Å². The van der Waals surface area contributed by atoms with E-state index in [1.165, 1.54) is 25.9 Å². The molecule has 4 nitrogen and oxygen atoms in total. The van der Waals surface area contributed by atoms with Crippen LogP contribution in [0.5, 0.6) is 5.75 Å². The van der Waals surface area contributed by atoms with E-state index in [0.29, 0.717) is 5.82 Å². The van der Waals surface area contributed by atoms with Crippen LogP contribution >= 0.6 is 0 Å². The summed E-state index contributed by atoms with van der Waals surface area (Å²) in [6.45, 7) is 6.25. The first-order chi connectivity index (χ1) is 10.7. The van der Waals surface area contributed by atoms with Crippen LogP contribution in [0.4, 0.5) is 5.82 Å². The second kappa shape index (κ2) is 6.79. The summed E-state index contributed by atoms with van der Waals surface area (Å²) in [6, 6.07) is 10.1. The van der Waals surface area contributed by atoms with Gasteiger partial charge in [-0.15, -0.1) is 0 Å². The highest BCUT2D eigenvalue weighted by atomic mass is 16.5. The lowest BCUT2D eigenvalue weighted by Gasteiger charge is -2.15. The molecule has 1 aromatic carbocycles. The van der Waals surface area contributed by atoms with Crippen molar-refractivity contribution in [2.24, 2.45) is 0 Å². The molecule has 2 heterocycles. The molecule has 0 amide bonds. The molecule has 4 heteroatoms. The Balaban J connectivity index is 1.59. The number of nitrogen functional groups attached to an aromatic ring is 1. The molecule has 0 atom stereocenters. The summed E-state index contributed by atoms with van der Waals surface area (Å²) >= 11 is 0. The molecule has 116 valence electrons. The predicted molar refractivity (Wildman–Crippen MR) is 90.0 cm³/mol. The molecule has 0 bridgehead atoms. The van der Waals surface area contributed by atoms with Crippen molar-refractivity contribution < 1.29 is 4.74 Å². The molecule has 1 aromatic heterocycles. The quantitative estimate of drug-likeness (QED) is 0.921. The van der Waals surface area contributed by atoms with Gasteiger partial charge >= 0.3 is 0 Å². The summed E-state index contributed by atoms with van der Waals surface area (Å²) in [5, 5.41) is 0. The maximum Gasteiger partial charge on any atom is 0.123 e. The molecule has 1 saturated heterocycles. The number of pyridine rings is 1. The van der Waals surface area contributed by atoms with Crippen LogP contribution in [0.15, 0.2) is 36.5 Å². The fourth-order valence-corrected chi connectivity index (χ4v) is 2.91. The third-order valence-corrected chi connectivity index (χ3v) is 4.17. The van der Waals surface area contributed by atoms with Crippen molar-refractivity contribution >= 4 is 5.82 Å². The zero-order valence-electron chi connectivity index (χ0n) is 13.1. The molecule has 3 rings (SSSR count). The van der Waals surface area contributed by atoms with Crippen molar-refractivity contribution in [2.75, 3.05) is 32.0 Å². The number of ether oxygens (including phenoxy) is 1. The van der Waals surface area contributed by atoms with Crippen molar-refractivity contribution in [2.45, 2.75) is 19.8 Å². The lowest BCUT2D eigenvalue weighted by atomic mass is 10.0. The second-order valence-corrected chi connectivity index (χ2v) is 5.85. The van der Waals surface area contributed by atoms with Crippen LogP contribution in [0.1, 0.15) is 18.4 Å². The average molecular weight is 297 g/mol. The van der Waals surface area contributed by atoms with Crippen LogP contribution in [0.2, 0.25) is 0 Å². The fraction of sp³-hybridized carbons (Fsp3) is 0.389. The zero-order valence-corrected chi connectivity index (χ0v) is 13.1. The smallest absolute Gasteiger partial charge is 0.123 e. The fourth-order valence-electron chi connectivity index (χ4n) is 2.91. The van der Waals surface area contributed by atoms with Crippen LogP contribution in [0.3, 0.4) is 0 Å². The molecule has 0 spiro atoms.